The molecule has 0 bridgehead atoms. The zero-order valence-electron chi connectivity index (χ0n) is 15.6. The van der Waals surface area contributed by atoms with E-state index < -0.39 is 11.1 Å². The Morgan fingerprint density at radius 3 is 2.04 bits per heavy atom. The summed E-state index contributed by atoms with van der Waals surface area (Å²) in [5.74, 6) is 0. The number of aromatic nitrogens is 2. The van der Waals surface area contributed by atoms with Gasteiger partial charge >= 0.3 is 11.1 Å². The molecule has 134 valence electrons. The van der Waals surface area contributed by atoms with Crippen molar-refractivity contribution in [2.75, 3.05) is 19.0 Å². The van der Waals surface area contributed by atoms with Crippen LogP contribution in [0.2, 0.25) is 0 Å². The molecule has 0 aliphatic heterocycles. The number of nitrogens with zero attached hydrogens (tertiary/aromatic N) is 3. The maximum absolute atomic E-state index is 12.2. The molecule has 0 atom stereocenters. The molecule has 1 N–H and O–H groups in total. The van der Waals surface area contributed by atoms with Gasteiger partial charge in [-0.3, -0.25) is 9.59 Å². The van der Waals surface area contributed by atoms with E-state index in [-0.39, 0.29) is 0 Å². The van der Waals surface area contributed by atoms with Crippen LogP contribution < -0.4 is 16.0 Å². The van der Waals surface area contributed by atoms with E-state index in [9.17, 15) is 9.59 Å². The molecule has 0 fully saturated rings. The van der Waals surface area contributed by atoms with Crippen molar-refractivity contribution in [3.8, 4) is 11.1 Å². The molecule has 1 heterocycles. The van der Waals surface area contributed by atoms with Crippen LogP contribution in [0.15, 0.2) is 39.9 Å². The summed E-state index contributed by atoms with van der Waals surface area (Å²) in [5, 5.41) is 7.56. The number of hydrogen-bond acceptors (Lipinski definition) is 4. The van der Waals surface area contributed by atoms with E-state index in [2.05, 4.69) is 0 Å². The number of rotatable bonds is 3. The Bertz CT molecular complexity index is 1150. The molecule has 26 heavy (non-hydrogen) atoms. The number of hydrogen-bond donors (Lipinski definition) is 1. The van der Waals surface area contributed by atoms with Crippen LogP contribution in [0.25, 0.3) is 22.2 Å². The molecule has 0 unspecified atom stereocenters. The molecule has 6 heteroatoms. The summed E-state index contributed by atoms with van der Waals surface area (Å²) in [6.07, 6.45) is 1.32. The van der Waals surface area contributed by atoms with Gasteiger partial charge in [-0.05, 0) is 47.9 Å². The highest BCUT2D eigenvalue weighted by Crippen LogP contribution is 2.34. The van der Waals surface area contributed by atoms with Crippen molar-refractivity contribution in [2.45, 2.75) is 6.92 Å². The van der Waals surface area contributed by atoms with Crippen molar-refractivity contribution in [1.29, 1.82) is 5.41 Å². The minimum absolute atomic E-state index is 0.535. The third-order valence-electron chi connectivity index (χ3n) is 4.80. The van der Waals surface area contributed by atoms with Crippen molar-refractivity contribution in [3.05, 3.63) is 62.2 Å². The Balaban J connectivity index is 2.44. The van der Waals surface area contributed by atoms with Crippen molar-refractivity contribution < 1.29 is 0 Å². The molecule has 0 saturated carbocycles. The summed E-state index contributed by atoms with van der Waals surface area (Å²) in [7, 11) is 7.18. The molecule has 0 aliphatic carbocycles. The van der Waals surface area contributed by atoms with Crippen LogP contribution >= 0.6 is 0 Å². The Kier molecular flexibility index (Phi) is 4.28. The molecule has 6 nitrogen and oxygen atoms in total. The Hall–Kier alpha value is -3.15. The van der Waals surface area contributed by atoms with Crippen LogP contribution in [0.3, 0.4) is 0 Å². The standard InChI is InChI=1S/C20H22N4O2/c1-12-8-17-18(24(5)20(26)19(25)23(17)4)10-14(12)15-9-13(11-21)6-7-16(15)22(2)3/h6-11,21H,1-5H3. The van der Waals surface area contributed by atoms with Crippen molar-refractivity contribution in [1.82, 2.24) is 9.13 Å². The summed E-state index contributed by atoms with van der Waals surface area (Å²) in [6, 6.07) is 9.74. The predicted molar refractivity (Wildman–Crippen MR) is 107 cm³/mol. The number of aryl methyl sites for hydroxylation is 3. The fourth-order valence-electron chi connectivity index (χ4n) is 3.26. The topological polar surface area (TPSA) is 71.1 Å². The third kappa shape index (κ3) is 2.63. The smallest absolute Gasteiger partial charge is 0.316 e. The van der Waals surface area contributed by atoms with Gasteiger partial charge in [0.25, 0.3) is 0 Å². The number of benzene rings is 2. The van der Waals surface area contributed by atoms with E-state index in [1.165, 1.54) is 15.3 Å². The molecule has 2 aromatic carbocycles. The predicted octanol–water partition coefficient (Wildman–Crippen LogP) is 2.28. The van der Waals surface area contributed by atoms with E-state index in [4.69, 9.17) is 5.41 Å². The van der Waals surface area contributed by atoms with Gasteiger partial charge in [-0.15, -0.1) is 0 Å². The third-order valence-corrected chi connectivity index (χ3v) is 4.80. The van der Waals surface area contributed by atoms with E-state index in [1.54, 1.807) is 14.1 Å². The van der Waals surface area contributed by atoms with E-state index >= 15 is 0 Å². The fraction of sp³-hybridized carbons (Fsp3) is 0.250. The second-order valence-corrected chi connectivity index (χ2v) is 6.70. The van der Waals surface area contributed by atoms with Gasteiger partial charge in [0.1, 0.15) is 0 Å². The zero-order chi connectivity index (χ0) is 19.2. The van der Waals surface area contributed by atoms with Crippen molar-refractivity contribution >= 4 is 22.9 Å². The summed E-state index contributed by atoms with van der Waals surface area (Å²) in [4.78, 5) is 26.3. The van der Waals surface area contributed by atoms with Crippen LogP contribution in [-0.4, -0.2) is 29.4 Å². The Morgan fingerprint density at radius 1 is 0.923 bits per heavy atom. The van der Waals surface area contributed by atoms with E-state index in [0.29, 0.717) is 11.0 Å². The first-order chi connectivity index (χ1) is 12.3. The normalized spacial score (nSPS) is 11.0. The molecule has 0 radical (unpaired) electrons. The summed E-state index contributed by atoms with van der Waals surface area (Å²) < 4.78 is 2.80. The van der Waals surface area contributed by atoms with Gasteiger partial charge in [-0.2, -0.15) is 0 Å². The lowest BCUT2D eigenvalue weighted by molar-refractivity contribution is 0.798. The van der Waals surface area contributed by atoms with E-state index in [1.807, 2.05) is 56.3 Å². The summed E-state index contributed by atoms with van der Waals surface area (Å²) in [6.45, 7) is 1.99. The number of fused-ring (bicyclic) bond motifs is 1. The molecule has 0 aliphatic rings. The van der Waals surface area contributed by atoms with Gasteiger partial charge in [0, 0.05) is 45.7 Å². The quantitative estimate of drug-likeness (QED) is 0.582. The molecular weight excluding hydrogens is 328 g/mol. The zero-order valence-corrected chi connectivity index (χ0v) is 15.6. The summed E-state index contributed by atoms with van der Waals surface area (Å²) >= 11 is 0. The Labute approximate surface area is 151 Å². The molecule has 0 saturated heterocycles. The lowest BCUT2D eigenvalue weighted by Gasteiger charge is -2.20. The second kappa shape index (κ2) is 6.29. The van der Waals surface area contributed by atoms with Crippen LogP contribution in [0.4, 0.5) is 5.69 Å². The van der Waals surface area contributed by atoms with Crippen LogP contribution in [0, 0.1) is 12.3 Å². The van der Waals surface area contributed by atoms with Crippen LogP contribution in [0.5, 0.6) is 0 Å². The lowest BCUT2D eigenvalue weighted by Crippen LogP contribution is -2.39. The molecular formula is C20H22N4O2. The van der Waals surface area contributed by atoms with Gasteiger partial charge < -0.3 is 19.4 Å². The minimum Gasteiger partial charge on any atom is -0.377 e. The van der Waals surface area contributed by atoms with Crippen LogP contribution in [-0.2, 0) is 14.1 Å². The maximum atomic E-state index is 12.2. The first-order valence-electron chi connectivity index (χ1n) is 8.29. The molecule has 0 spiro atoms. The molecule has 1 aromatic heterocycles. The maximum Gasteiger partial charge on any atom is 0.316 e. The largest absolute Gasteiger partial charge is 0.377 e. The SMILES string of the molecule is Cc1cc2c(cc1-c1cc(C=N)ccc1N(C)C)n(C)c(=O)c(=O)n2C. The fourth-order valence-corrected chi connectivity index (χ4v) is 3.26. The number of nitrogens with one attached hydrogen (secondary N) is 1. The van der Waals surface area contributed by atoms with E-state index in [0.717, 1.165) is 27.9 Å². The average Bonchev–Trinajstić information content (AvgIpc) is 2.63. The lowest BCUT2D eigenvalue weighted by atomic mass is 9.96. The van der Waals surface area contributed by atoms with Crippen molar-refractivity contribution in [3.63, 3.8) is 0 Å². The number of anilines is 1. The highest BCUT2D eigenvalue weighted by molar-refractivity contribution is 5.91. The van der Waals surface area contributed by atoms with Gasteiger partial charge in [0.05, 0.1) is 11.0 Å². The molecule has 0 amide bonds. The van der Waals surface area contributed by atoms with Crippen molar-refractivity contribution in [2.24, 2.45) is 14.1 Å². The Morgan fingerprint density at radius 2 is 1.50 bits per heavy atom. The first-order valence-corrected chi connectivity index (χ1v) is 8.29. The van der Waals surface area contributed by atoms with Gasteiger partial charge in [-0.1, -0.05) is 6.07 Å². The first kappa shape index (κ1) is 17.7. The van der Waals surface area contributed by atoms with Gasteiger partial charge in [-0.25, -0.2) is 0 Å². The highest BCUT2D eigenvalue weighted by atomic mass is 16.2. The van der Waals surface area contributed by atoms with Gasteiger partial charge in [0.2, 0.25) is 0 Å². The minimum atomic E-state index is -0.545. The molecule has 3 rings (SSSR count). The summed E-state index contributed by atoms with van der Waals surface area (Å²) in [5.41, 5.74) is 5.11. The van der Waals surface area contributed by atoms with Gasteiger partial charge in [0.15, 0.2) is 0 Å². The molecule has 3 aromatic rings. The monoisotopic (exact) mass is 350 g/mol. The average molecular weight is 350 g/mol. The van der Waals surface area contributed by atoms with Crippen LogP contribution in [0.1, 0.15) is 11.1 Å². The second-order valence-electron chi connectivity index (χ2n) is 6.70. The highest BCUT2D eigenvalue weighted by Gasteiger charge is 2.15.